The maximum absolute atomic E-state index is 12.3. The third-order valence-corrected chi connectivity index (χ3v) is 4.05. The van der Waals surface area contributed by atoms with E-state index in [1.807, 2.05) is 30.3 Å². The number of nitrogens with zero attached hydrogens (tertiary/aromatic N) is 1. The van der Waals surface area contributed by atoms with Gasteiger partial charge in [0.15, 0.2) is 0 Å². The monoisotopic (exact) mass is 303 g/mol. The van der Waals surface area contributed by atoms with Crippen molar-refractivity contribution in [2.45, 2.75) is 38.3 Å². The fourth-order valence-electron chi connectivity index (χ4n) is 2.81. The third-order valence-electron chi connectivity index (χ3n) is 4.05. The van der Waals surface area contributed by atoms with Crippen molar-refractivity contribution >= 4 is 11.8 Å². The van der Waals surface area contributed by atoms with Gasteiger partial charge in [-0.2, -0.15) is 0 Å². The molecule has 22 heavy (non-hydrogen) atoms. The van der Waals surface area contributed by atoms with Crippen molar-refractivity contribution in [1.82, 2.24) is 15.5 Å². The molecule has 1 saturated heterocycles. The maximum atomic E-state index is 12.3. The number of piperidine rings is 1. The Labute approximate surface area is 132 Å². The lowest BCUT2D eigenvalue weighted by Gasteiger charge is -2.30. The summed E-state index contributed by atoms with van der Waals surface area (Å²) in [5.41, 5.74) is 0.955. The molecule has 1 heterocycles. The smallest absolute Gasteiger partial charge is 0.222 e. The highest BCUT2D eigenvalue weighted by Gasteiger charge is 2.21. The van der Waals surface area contributed by atoms with Gasteiger partial charge in [-0.3, -0.25) is 9.59 Å². The Bertz CT molecular complexity index is 496. The number of hydrogen-bond acceptors (Lipinski definition) is 3. The van der Waals surface area contributed by atoms with Gasteiger partial charge in [-0.25, -0.2) is 0 Å². The van der Waals surface area contributed by atoms with Crippen LogP contribution in [0.1, 0.15) is 37.8 Å². The quantitative estimate of drug-likeness (QED) is 0.866. The minimum Gasteiger partial charge on any atom is -0.353 e. The van der Waals surface area contributed by atoms with Crippen LogP contribution in [0.2, 0.25) is 0 Å². The molecule has 1 fully saturated rings. The highest BCUT2D eigenvalue weighted by atomic mass is 16.2. The average Bonchev–Trinajstić information content (AvgIpc) is 2.49. The second-order valence-electron chi connectivity index (χ2n) is 6.01. The fourth-order valence-corrected chi connectivity index (χ4v) is 2.81. The van der Waals surface area contributed by atoms with Gasteiger partial charge in [0, 0.05) is 13.0 Å². The summed E-state index contributed by atoms with van der Waals surface area (Å²) < 4.78 is 0. The summed E-state index contributed by atoms with van der Waals surface area (Å²) in [6, 6.07) is 9.60. The van der Waals surface area contributed by atoms with E-state index in [1.165, 1.54) is 6.92 Å². The van der Waals surface area contributed by atoms with Crippen molar-refractivity contribution in [3.05, 3.63) is 35.9 Å². The van der Waals surface area contributed by atoms with Gasteiger partial charge in [0.25, 0.3) is 0 Å². The molecule has 5 heteroatoms. The molecule has 0 spiro atoms. The predicted octanol–water partition coefficient (Wildman–Crippen LogP) is 1.46. The molecule has 1 aromatic carbocycles. The van der Waals surface area contributed by atoms with Crippen LogP contribution in [0.5, 0.6) is 0 Å². The first kappa shape index (κ1) is 16.5. The molecular weight excluding hydrogens is 278 g/mol. The third kappa shape index (κ3) is 5.15. The number of carbonyl (C=O) groups is 2. The van der Waals surface area contributed by atoms with Crippen LogP contribution >= 0.6 is 0 Å². The maximum Gasteiger partial charge on any atom is 0.222 e. The molecule has 1 aliphatic heterocycles. The summed E-state index contributed by atoms with van der Waals surface area (Å²) in [7, 11) is 2.10. The molecule has 0 radical (unpaired) electrons. The number of rotatable bonds is 5. The zero-order valence-corrected chi connectivity index (χ0v) is 13.3. The van der Waals surface area contributed by atoms with E-state index in [-0.39, 0.29) is 30.3 Å². The Morgan fingerprint density at radius 2 is 1.86 bits per heavy atom. The minimum absolute atomic E-state index is 0.00263. The number of amides is 2. The van der Waals surface area contributed by atoms with Gasteiger partial charge in [-0.15, -0.1) is 0 Å². The lowest BCUT2D eigenvalue weighted by Crippen LogP contribution is -2.44. The Balaban J connectivity index is 1.92. The summed E-state index contributed by atoms with van der Waals surface area (Å²) >= 11 is 0. The number of benzene rings is 1. The molecule has 1 unspecified atom stereocenters. The molecule has 0 aromatic heterocycles. The summed E-state index contributed by atoms with van der Waals surface area (Å²) in [4.78, 5) is 25.9. The van der Waals surface area contributed by atoms with Crippen LogP contribution in [-0.4, -0.2) is 42.9 Å². The van der Waals surface area contributed by atoms with Crippen LogP contribution in [0.4, 0.5) is 0 Å². The van der Waals surface area contributed by atoms with Crippen LogP contribution in [0.15, 0.2) is 30.3 Å². The normalized spacial score (nSPS) is 17.7. The largest absolute Gasteiger partial charge is 0.353 e. The van der Waals surface area contributed by atoms with Crippen LogP contribution in [0.3, 0.4) is 0 Å². The van der Waals surface area contributed by atoms with Gasteiger partial charge >= 0.3 is 0 Å². The molecule has 0 aliphatic carbocycles. The molecule has 120 valence electrons. The molecule has 2 N–H and O–H groups in total. The van der Waals surface area contributed by atoms with E-state index in [1.54, 1.807) is 0 Å². The molecule has 1 atom stereocenters. The summed E-state index contributed by atoms with van der Waals surface area (Å²) in [5.74, 6) is -0.127. The first-order valence-corrected chi connectivity index (χ1v) is 7.84. The van der Waals surface area contributed by atoms with Gasteiger partial charge in [-0.1, -0.05) is 30.3 Å². The zero-order chi connectivity index (χ0) is 15.9. The van der Waals surface area contributed by atoms with E-state index in [2.05, 4.69) is 22.6 Å². The SMILES string of the molecule is CC(=O)NC(CC(=O)NC1CCN(C)CC1)c1ccccc1. The summed E-state index contributed by atoms with van der Waals surface area (Å²) in [6.45, 7) is 3.50. The number of carbonyl (C=O) groups excluding carboxylic acids is 2. The van der Waals surface area contributed by atoms with E-state index >= 15 is 0 Å². The number of nitrogens with one attached hydrogen (secondary N) is 2. The second kappa shape index (κ2) is 7.94. The second-order valence-corrected chi connectivity index (χ2v) is 6.01. The molecule has 0 bridgehead atoms. The first-order valence-electron chi connectivity index (χ1n) is 7.84. The van der Waals surface area contributed by atoms with Gasteiger partial charge in [0.05, 0.1) is 12.5 Å². The van der Waals surface area contributed by atoms with Gasteiger partial charge < -0.3 is 15.5 Å². The van der Waals surface area contributed by atoms with Crippen molar-refractivity contribution in [3.8, 4) is 0 Å². The topological polar surface area (TPSA) is 61.4 Å². The van der Waals surface area contributed by atoms with E-state index in [4.69, 9.17) is 0 Å². The fraction of sp³-hybridized carbons (Fsp3) is 0.529. The number of hydrogen-bond donors (Lipinski definition) is 2. The van der Waals surface area contributed by atoms with Crippen molar-refractivity contribution in [2.75, 3.05) is 20.1 Å². The standard InChI is InChI=1S/C17H25N3O2/c1-13(21)18-16(14-6-4-3-5-7-14)12-17(22)19-15-8-10-20(2)11-9-15/h3-7,15-16H,8-12H2,1-2H3,(H,18,21)(H,19,22). The van der Waals surface area contributed by atoms with Crippen LogP contribution in [-0.2, 0) is 9.59 Å². The van der Waals surface area contributed by atoms with Crippen LogP contribution in [0.25, 0.3) is 0 Å². The first-order chi connectivity index (χ1) is 10.5. The van der Waals surface area contributed by atoms with Crippen LogP contribution < -0.4 is 10.6 Å². The Morgan fingerprint density at radius 3 is 2.45 bits per heavy atom. The van der Waals surface area contributed by atoms with E-state index in [0.29, 0.717) is 0 Å². The molecule has 2 amide bonds. The van der Waals surface area contributed by atoms with E-state index in [9.17, 15) is 9.59 Å². The molecule has 5 nitrogen and oxygen atoms in total. The van der Waals surface area contributed by atoms with Crippen molar-refractivity contribution in [2.24, 2.45) is 0 Å². The highest BCUT2D eigenvalue weighted by Crippen LogP contribution is 2.17. The summed E-state index contributed by atoms with van der Waals surface area (Å²) in [5, 5.41) is 5.96. The summed E-state index contributed by atoms with van der Waals surface area (Å²) in [6.07, 6.45) is 2.24. The predicted molar refractivity (Wildman–Crippen MR) is 86.3 cm³/mol. The molecule has 0 saturated carbocycles. The van der Waals surface area contributed by atoms with Gasteiger partial charge in [0.1, 0.15) is 0 Å². The Morgan fingerprint density at radius 1 is 1.23 bits per heavy atom. The number of likely N-dealkylation sites (tertiary alicyclic amines) is 1. The molecule has 2 rings (SSSR count). The average molecular weight is 303 g/mol. The van der Waals surface area contributed by atoms with Gasteiger partial charge in [-0.05, 0) is 38.5 Å². The zero-order valence-electron chi connectivity index (χ0n) is 13.3. The van der Waals surface area contributed by atoms with Crippen molar-refractivity contribution in [1.29, 1.82) is 0 Å². The molecule has 1 aromatic rings. The van der Waals surface area contributed by atoms with Gasteiger partial charge in [0.2, 0.25) is 11.8 Å². The molecule has 1 aliphatic rings. The lowest BCUT2D eigenvalue weighted by atomic mass is 10.0. The Kier molecular flexibility index (Phi) is 5.95. The molecular formula is C17H25N3O2. The van der Waals surface area contributed by atoms with Crippen LogP contribution in [0, 0.1) is 0 Å². The van der Waals surface area contributed by atoms with E-state index < -0.39 is 0 Å². The van der Waals surface area contributed by atoms with Crippen molar-refractivity contribution < 1.29 is 9.59 Å². The lowest BCUT2D eigenvalue weighted by molar-refractivity contribution is -0.123. The Hall–Kier alpha value is -1.88. The van der Waals surface area contributed by atoms with Crippen molar-refractivity contribution in [3.63, 3.8) is 0 Å². The highest BCUT2D eigenvalue weighted by molar-refractivity contribution is 5.79. The van der Waals surface area contributed by atoms with E-state index in [0.717, 1.165) is 31.5 Å². The minimum atomic E-state index is -0.273.